The SMILES string of the molecule is COC(=O)c1cccc(N)c1N(C)c1ccccc1. The van der Waals surface area contributed by atoms with Gasteiger partial charge in [0.1, 0.15) is 0 Å². The molecule has 2 aromatic rings. The van der Waals surface area contributed by atoms with Crippen molar-refractivity contribution in [3.8, 4) is 0 Å². The molecule has 2 aromatic carbocycles. The second-order valence-electron chi connectivity index (χ2n) is 4.13. The van der Waals surface area contributed by atoms with Crippen LogP contribution >= 0.6 is 0 Å². The molecule has 0 unspecified atom stereocenters. The second-order valence-corrected chi connectivity index (χ2v) is 4.13. The van der Waals surface area contributed by atoms with Crippen LogP contribution in [0.2, 0.25) is 0 Å². The summed E-state index contributed by atoms with van der Waals surface area (Å²) in [4.78, 5) is 13.7. The number of nitrogens with two attached hydrogens (primary N) is 1. The molecule has 2 rings (SSSR count). The molecule has 98 valence electrons. The molecule has 0 aliphatic heterocycles. The molecule has 0 bridgehead atoms. The number of carbonyl (C=O) groups excluding carboxylic acids is 1. The van der Waals surface area contributed by atoms with E-state index in [1.807, 2.05) is 42.3 Å². The number of anilines is 3. The predicted molar refractivity (Wildman–Crippen MR) is 76.7 cm³/mol. The number of para-hydroxylation sites is 2. The van der Waals surface area contributed by atoms with Gasteiger partial charge in [0.25, 0.3) is 0 Å². The van der Waals surface area contributed by atoms with Crippen LogP contribution < -0.4 is 10.6 Å². The maximum absolute atomic E-state index is 11.8. The van der Waals surface area contributed by atoms with Crippen molar-refractivity contribution in [2.45, 2.75) is 0 Å². The summed E-state index contributed by atoms with van der Waals surface area (Å²) in [5, 5.41) is 0. The van der Waals surface area contributed by atoms with Crippen molar-refractivity contribution in [2.75, 3.05) is 24.8 Å². The van der Waals surface area contributed by atoms with Crippen molar-refractivity contribution >= 4 is 23.0 Å². The van der Waals surface area contributed by atoms with E-state index in [1.54, 1.807) is 18.2 Å². The lowest BCUT2D eigenvalue weighted by atomic mass is 10.1. The fourth-order valence-electron chi connectivity index (χ4n) is 1.99. The molecule has 0 aromatic heterocycles. The van der Waals surface area contributed by atoms with Gasteiger partial charge in [-0.1, -0.05) is 24.3 Å². The van der Waals surface area contributed by atoms with E-state index in [4.69, 9.17) is 10.5 Å². The Morgan fingerprint density at radius 3 is 2.42 bits per heavy atom. The first-order valence-electron chi connectivity index (χ1n) is 5.90. The highest BCUT2D eigenvalue weighted by molar-refractivity contribution is 6.00. The minimum Gasteiger partial charge on any atom is -0.465 e. The highest BCUT2D eigenvalue weighted by atomic mass is 16.5. The molecule has 19 heavy (non-hydrogen) atoms. The largest absolute Gasteiger partial charge is 0.465 e. The Bertz CT molecular complexity index is 582. The Labute approximate surface area is 112 Å². The molecule has 4 heteroatoms. The summed E-state index contributed by atoms with van der Waals surface area (Å²) in [6, 6.07) is 14.9. The molecule has 2 N–H and O–H groups in total. The standard InChI is InChI=1S/C15H16N2O2/c1-17(11-7-4-3-5-8-11)14-12(15(18)19-2)9-6-10-13(14)16/h3-10H,16H2,1-2H3. The highest BCUT2D eigenvalue weighted by Crippen LogP contribution is 2.32. The van der Waals surface area contributed by atoms with Crippen molar-refractivity contribution in [1.29, 1.82) is 0 Å². The number of benzene rings is 2. The van der Waals surface area contributed by atoms with Crippen molar-refractivity contribution in [3.05, 3.63) is 54.1 Å². The molecule has 0 fully saturated rings. The Hall–Kier alpha value is -2.49. The van der Waals surface area contributed by atoms with E-state index >= 15 is 0 Å². The third-order valence-electron chi connectivity index (χ3n) is 2.95. The Kier molecular flexibility index (Phi) is 3.71. The average molecular weight is 256 g/mol. The van der Waals surface area contributed by atoms with Crippen LogP contribution in [-0.4, -0.2) is 20.1 Å². The van der Waals surface area contributed by atoms with Crippen molar-refractivity contribution in [3.63, 3.8) is 0 Å². The van der Waals surface area contributed by atoms with Gasteiger partial charge in [-0.05, 0) is 24.3 Å². The first-order valence-corrected chi connectivity index (χ1v) is 5.90. The van der Waals surface area contributed by atoms with E-state index < -0.39 is 5.97 Å². The summed E-state index contributed by atoms with van der Waals surface area (Å²) >= 11 is 0. The number of rotatable bonds is 3. The Morgan fingerprint density at radius 2 is 1.79 bits per heavy atom. The van der Waals surface area contributed by atoms with Gasteiger partial charge < -0.3 is 15.4 Å². The lowest BCUT2D eigenvalue weighted by Gasteiger charge is -2.23. The zero-order valence-electron chi connectivity index (χ0n) is 11.0. The van der Waals surface area contributed by atoms with Gasteiger partial charge in [0.15, 0.2) is 0 Å². The molecule has 0 amide bonds. The number of esters is 1. The van der Waals surface area contributed by atoms with Crippen LogP contribution in [0.3, 0.4) is 0 Å². The summed E-state index contributed by atoms with van der Waals surface area (Å²) in [6.07, 6.45) is 0. The molecule has 0 heterocycles. The quantitative estimate of drug-likeness (QED) is 0.677. The second kappa shape index (κ2) is 5.44. The van der Waals surface area contributed by atoms with E-state index in [0.717, 1.165) is 5.69 Å². The third kappa shape index (κ3) is 2.52. The van der Waals surface area contributed by atoms with Gasteiger partial charge in [0.05, 0.1) is 24.0 Å². The van der Waals surface area contributed by atoms with Gasteiger partial charge >= 0.3 is 5.97 Å². The van der Waals surface area contributed by atoms with E-state index in [9.17, 15) is 4.79 Å². The van der Waals surface area contributed by atoms with Crippen LogP contribution in [0.15, 0.2) is 48.5 Å². The lowest BCUT2D eigenvalue weighted by Crippen LogP contribution is -2.16. The van der Waals surface area contributed by atoms with Gasteiger partial charge in [0, 0.05) is 12.7 Å². The fraction of sp³-hybridized carbons (Fsp3) is 0.133. The summed E-state index contributed by atoms with van der Waals surface area (Å²) in [5.41, 5.74) is 8.59. The van der Waals surface area contributed by atoms with Crippen LogP contribution in [-0.2, 0) is 4.74 Å². The number of ether oxygens (including phenoxy) is 1. The average Bonchev–Trinajstić information content (AvgIpc) is 2.46. The summed E-state index contributed by atoms with van der Waals surface area (Å²) in [5.74, 6) is -0.398. The monoisotopic (exact) mass is 256 g/mol. The molecule has 0 saturated carbocycles. The van der Waals surface area contributed by atoms with Crippen molar-refractivity contribution in [1.82, 2.24) is 0 Å². The summed E-state index contributed by atoms with van der Waals surface area (Å²) in [6.45, 7) is 0. The molecule has 0 aliphatic rings. The molecular weight excluding hydrogens is 240 g/mol. The molecule has 0 radical (unpaired) electrons. The summed E-state index contributed by atoms with van der Waals surface area (Å²) in [7, 11) is 3.23. The van der Waals surface area contributed by atoms with Gasteiger partial charge in [-0.25, -0.2) is 4.79 Å². The van der Waals surface area contributed by atoms with Crippen molar-refractivity contribution in [2.24, 2.45) is 0 Å². The zero-order valence-corrected chi connectivity index (χ0v) is 11.0. The number of methoxy groups -OCH3 is 1. The van der Waals surface area contributed by atoms with Crippen LogP contribution in [0.5, 0.6) is 0 Å². The molecule has 0 aliphatic carbocycles. The zero-order chi connectivity index (χ0) is 13.8. The van der Waals surface area contributed by atoms with Crippen LogP contribution in [0, 0.1) is 0 Å². The molecule has 0 saturated heterocycles. The number of hydrogen-bond donors (Lipinski definition) is 1. The molecular formula is C15H16N2O2. The molecule has 4 nitrogen and oxygen atoms in total. The van der Waals surface area contributed by atoms with Gasteiger partial charge in [-0.3, -0.25) is 0 Å². The normalized spacial score (nSPS) is 10.0. The van der Waals surface area contributed by atoms with Crippen LogP contribution in [0.4, 0.5) is 17.1 Å². The number of nitrogens with zero attached hydrogens (tertiary/aromatic N) is 1. The maximum Gasteiger partial charge on any atom is 0.340 e. The molecule has 0 spiro atoms. The van der Waals surface area contributed by atoms with Crippen LogP contribution in [0.1, 0.15) is 10.4 Å². The van der Waals surface area contributed by atoms with Crippen molar-refractivity contribution < 1.29 is 9.53 Å². The lowest BCUT2D eigenvalue weighted by molar-refractivity contribution is 0.0601. The minimum atomic E-state index is -0.398. The van der Waals surface area contributed by atoms with E-state index in [1.165, 1.54) is 7.11 Å². The number of nitrogen functional groups attached to an aromatic ring is 1. The fourth-order valence-corrected chi connectivity index (χ4v) is 1.99. The van der Waals surface area contributed by atoms with Gasteiger partial charge in [-0.15, -0.1) is 0 Å². The Balaban J connectivity index is 2.52. The third-order valence-corrected chi connectivity index (χ3v) is 2.95. The number of hydrogen-bond acceptors (Lipinski definition) is 4. The van der Waals surface area contributed by atoms with E-state index in [2.05, 4.69) is 0 Å². The first kappa shape index (κ1) is 13.0. The summed E-state index contributed by atoms with van der Waals surface area (Å²) < 4.78 is 4.80. The van der Waals surface area contributed by atoms with Crippen LogP contribution in [0.25, 0.3) is 0 Å². The number of carbonyl (C=O) groups is 1. The smallest absolute Gasteiger partial charge is 0.340 e. The highest BCUT2D eigenvalue weighted by Gasteiger charge is 2.18. The first-order chi connectivity index (χ1) is 9.15. The topological polar surface area (TPSA) is 55.6 Å². The van der Waals surface area contributed by atoms with E-state index in [-0.39, 0.29) is 0 Å². The van der Waals surface area contributed by atoms with Gasteiger partial charge in [0.2, 0.25) is 0 Å². The molecule has 0 atom stereocenters. The van der Waals surface area contributed by atoms with Gasteiger partial charge in [-0.2, -0.15) is 0 Å². The maximum atomic E-state index is 11.8. The Morgan fingerprint density at radius 1 is 1.11 bits per heavy atom. The predicted octanol–water partition coefficient (Wildman–Crippen LogP) is 2.82. The minimum absolute atomic E-state index is 0.398. The van der Waals surface area contributed by atoms with E-state index in [0.29, 0.717) is 16.9 Å².